The Labute approximate surface area is 120 Å². The highest BCUT2D eigenvalue weighted by atomic mass is 16.5. The van der Waals surface area contributed by atoms with Crippen LogP contribution in [0.4, 0.5) is 0 Å². The van der Waals surface area contributed by atoms with Crippen molar-refractivity contribution in [1.29, 1.82) is 0 Å². The second kappa shape index (κ2) is 4.30. The molecule has 0 spiro atoms. The molecular weight excluding hydrogens is 250 g/mol. The second-order valence-electron chi connectivity index (χ2n) is 8.09. The topological polar surface area (TPSA) is 64.9 Å². The van der Waals surface area contributed by atoms with Crippen LogP contribution in [0.5, 0.6) is 0 Å². The molecule has 4 saturated carbocycles. The van der Waals surface area contributed by atoms with Crippen molar-refractivity contribution in [2.45, 2.75) is 63.8 Å². The van der Waals surface area contributed by atoms with Crippen LogP contribution in [0.3, 0.4) is 0 Å². The largest absolute Gasteiger partial charge is 0.343 e. The molecule has 1 aromatic rings. The van der Waals surface area contributed by atoms with Gasteiger partial charge in [0.1, 0.15) is 0 Å². The van der Waals surface area contributed by atoms with Crippen molar-refractivity contribution in [3.63, 3.8) is 0 Å². The summed E-state index contributed by atoms with van der Waals surface area (Å²) < 4.78 is 4.86. The second-order valence-corrected chi connectivity index (χ2v) is 8.09. The number of nitrogens with two attached hydrogens (primary N) is 1. The highest BCUT2D eigenvalue weighted by Crippen LogP contribution is 2.62. The van der Waals surface area contributed by atoms with Crippen molar-refractivity contribution < 1.29 is 4.52 Å². The average Bonchev–Trinajstić information content (AvgIpc) is 2.90. The summed E-state index contributed by atoms with van der Waals surface area (Å²) in [5, 5.41) is 3.94. The SMILES string of the molecule is CC(N)(CCC12CC3CC(CC(C3)C1)C2)c1ncon1. The van der Waals surface area contributed by atoms with Gasteiger partial charge in [0.25, 0.3) is 0 Å². The van der Waals surface area contributed by atoms with Crippen LogP contribution < -0.4 is 5.73 Å². The van der Waals surface area contributed by atoms with E-state index >= 15 is 0 Å². The maximum Gasteiger partial charge on any atom is 0.213 e. The molecule has 4 fully saturated rings. The molecule has 1 unspecified atom stereocenters. The maximum atomic E-state index is 6.43. The third-order valence-electron chi connectivity index (χ3n) is 6.21. The summed E-state index contributed by atoms with van der Waals surface area (Å²) in [4.78, 5) is 4.15. The first kappa shape index (κ1) is 12.8. The molecule has 1 heterocycles. The molecule has 0 saturated heterocycles. The first-order valence-corrected chi connectivity index (χ1v) is 8.10. The van der Waals surface area contributed by atoms with Gasteiger partial charge in [-0.3, -0.25) is 0 Å². The third-order valence-corrected chi connectivity index (χ3v) is 6.21. The van der Waals surface area contributed by atoms with E-state index in [1.807, 2.05) is 6.92 Å². The molecule has 0 aliphatic heterocycles. The molecule has 1 aromatic heterocycles. The summed E-state index contributed by atoms with van der Waals surface area (Å²) in [5.74, 6) is 3.68. The van der Waals surface area contributed by atoms with E-state index in [0.717, 1.165) is 24.2 Å². The van der Waals surface area contributed by atoms with Gasteiger partial charge in [-0.1, -0.05) is 5.16 Å². The number of aromatic nitrogens is 2. The lowest BCUT2D eigenvalue weighted by atomic mass is 9.48. The van der Waals surface area contributed by atoms with Gasteiger partial charge in [-0.25, -0.2) is 0 Å². The summed E-state index contributed by atoms with van der Waals surface area (Å²) in [6, 6.07) is 0. The zero-order valence-corrected chi connectivity index (χ0v) is 12.3. The lowest BCUT2D eigenvalue weighted by Crippen LogP contribution is -2.47. The van der Waals surface area contributed by atoms with Gasteiger partial charge in [0.2, 0.25) is 6.39 Å². The van der Waals surface area contributed by atoms with E-state index in [-0.39, 0.29) is 0 Å². The molecule has 0 radical (unpaired) electrons. The first-order chi connectivity index (χ1) is 9.55. The van der Waals surface area contributed by atoms with E-state index in [1.54, 1.807) is 0 Å². The van der Waals surface area contributed by atoms with Gasteiger partial charge in [-0.05, 0) is 81.5 Å². The van der Waals surface area contributed by atoms with E-state index in [2.05, 4.69) is 10.1 Å². The number of hydrogen-bond acceptors (Lipinski definition) is 4. The Morgan fingerprint density at radius 2 is 1.85 bits per heavy atom. The van der Waals surface area contributed by atoms with Crippen LogP contribution in [0.1, 0.15) is 64.1 Å². The van der Waals surface area contributed by atoms with Gasteiger partial charge in [0, 0.05) is 0 Å². The number of nitrogens with zero attached hydrogens (tertiary/aromatic N) is 2. The van der Waals surface area contributed by atoms with E-state index in [9.17, 15) is 0 Å². The summed E-state index contributed by atoms with van der Waals surface area (Å²) in [6.07, 6.45) is 12.4. The van der Waals surface area contributed by atoms with E-state index < -0.39 is 5.54 Å². The van der Waals surface area contributed by atoms with E-state index in [1.165, 1.54) is 51.3 Å². The van der Waals surface area contributed by atoms with Crippen LogP contribution >= 0.6 is 0 Å². The molecule has 4 nitrogen and oxygen atoms in total. The van der Waals surface area contributed by atoms with Crippen molar-refractivity contribution in [3.8, 4) is 0 Å². The predicted octanol–water partition coefficient (Wildman–Crippen LogP) is 3.24. The number of hydrogen-bond donors (Lipinski definition) is 1. The molecule has 4 aliphatic rings. The van der Waals surface area contributed by atoms with Crippen LogP contribution in [0.25, 0.3) is 0 Å². The monoisotopic (exact) mass is 275 g/mol. The van der Waals surface area contributed by atoms with Crippen LogP contribution in [-0.4, -0.2) is 10.1 Å². The quantitative estimate of drug-likeness (QED) is 0.916. The van der Waals surface area contributed by atoms with E-state index in [4.69, 9.17) is 10.3 Å². The van der Waals surface area contributed by atoms with Gasteiger partial charge in [0.05, 0.1) is 5.54 Å². The van der Waals surface area contributed by atoms with Crippen LogP contribution in [0, 0.1) is 23.2 Å². The molecule has 20 heavy (non-hydrogen) atoms. The summed E-state index contributed by atoms with van der Waals surface area (Å²) >= 11 is 0. The smallest absolute Gasteiger partial charge is 0.213 e. The van der Waals surface area contributed by atoms with Crippen molar-refractivity contribution >= 4 is 0 Å². The van der Waals surface area contributed by atoms with Gasteiger partial charge in [0.15, 0.2) is 5.82 Å². The first-order valence-electron chi connectivity index (χ1n) is 8.10. The minimum atomic E-state index is -0.448. The molecular formula is C16H25N3O. The molecule has 110 valence electrons. The third kappa shape index (κ3) is 2.09. The average molecular weight is 275 g/mol. The fourth-order valence-electron chi connectivity index (χ4n) is 5.66. The lowest BCUT2D eigenvalue weighted by Gasteiger charge is -2.57. The highest BCUT2D eigenvalue weighted by molar-refractivity contribution is 5.04. The molecule has 0 aromatic carbocycles. The minimum absolute atomic E-state index is 0.448. The fourth-order valence-corrected chi connectivity index (χ4v) is 5.66. The van der Waals surface area contributed by atoms with Crippen LogP contribution in [0.15, 0.2) is 10.9 Å². The maximum absolute atomic E-state index is 6.43. The highest BCUT2D eigenvalue weighted by Gasteiger charge is 2.51. The molecule has 4 aliphatic carbocycles. The molecule has 0 amide bonds. The Balaban J connectivity index is 1.47. The lowest BCUT2D eigenvalue weighted by molar-refractivity contribution is -0.0607. The van der Waals surface area contributed by atoms with Crippen molar-refractivity contribution in [2.24, 2.45) is 28.9 Å². The summed E-state index contributed by atoms with van der Waals surface area (Å²) in [7, 11) is 0. The zero-order valence-electron chi connectivity index (χ0n) is 12.3. The Kier molecular flexibility index (Phi) is 2.75. The van der Waals surface area contributed by atoms with Gasteiger partial charge >= 0.3 is 0 Å². The van der Waals surface area contributed by atoms with E-state index in [0.29, 0.717) is 11.2 Å². The minimum Gasteiger partial charge on any atom is -0.343 e. The van der Waals surface area contributed by atoms with Gasteiger partial charge < -0.3 is 10.3 Å². The fraction of sp³-hybridized carbons (Fsp3) is 0.875. The normalized spacial score (nSPS) is 41.8. The molecule has 5 rings (SSSR count). The Hall–Kier alpha value is -0.900. The molecule has 1 atom stereocenters. The van der Waals surface area contributed by atoms with Crippen LogP contribution in [0.2, 0.25) is 0 Å². The van der Waals surface area contributed by atoms with Gasteiger partial charge in [-0.2, -0.15) is 4.98 Å². The molecule has 2 N–H and O–H groups in total. The van der Waals surface area contributed by atoms with Crippen molar-refractivity contribution in [1.82, 2.24) is 10.1 Å². The molecule has 4 heteroatoms. The predicted molar refractivity (Wildman–Crippen MR) is 75.7 cm³/mol. The Morgan fingerprint density at radius 3 is 2.35 bits per heavy atom. The zero-order chi connectivity index (χ0) is 13.8. The Morgan fingerprint density at radius 1 is 1.25 bits per heavy atom. The molecule has 4 bridgehead atoms. The number of rotatable bonds is 4. The van der Waals surface area contributed by atoms with Crippen molar-refractivity contribution in [3.05, 3.63) is 12.2 Å². The Bertz CT molecular complexity index is 445. The summed E-state index contributed by atoms with van der Waals surface area (Å²) in [5.41, 5.74) is 6.56. The van der Waals surface area contributed by atoms with Gasteiger partial charge in [-0.15, -0.1) is 0 Å². The van der Waals surface area contributed by atoms with Crippen molar-refractivity contribution in [2.75, 3.05) is 0 Å². The summed E-state index contributed by atoms with van der Waals surface area (Å²) in [6.45, 7) is 2.04. The van der Waals surface area contributed by atoms with Crippen LogP contribution in [-0.2, 0) is 5.54 Å². The standard InChI is InChI=1S/C16H25N3O/c1-15(17,14-18-10-20-19-14)2-3-16-7-11-4-12(8-16)6-13(5-11)9-16/h10-13H,2-9,17H2,1H3.